The van der Waals surface area contributed by atoms with E-state index in [1.165, 1.54) is 11.1 Å². The van der Waals surface area contributed by atoms with Crippen LogP contribution < -0.4 is 10.6 Å². The van der Waals surface area contributed by atoms with Crippen LogP contribution in [-0.2, 0) is 13.0 Å². The van der Waals surface area contributed by atoms with Crippen LogP contribution in [0.1, 0.15) is 33.5 Å². The number of hydrogen-bond donors (Lipinski definition) is 4. The number of tetrazole rings is 1. The summed E-state index contributed by atoms with van der Waals surface area (Å²) in [5.74, 6) is 0.424. The van der Waals surface area contributed by atoms with E-state index in [0.29, 0.717) is 23.1 Å². The van der Waals surface area contributed by atoms with Crippen molar-refractivity contribution in [1.29, 1.82) is 0 Å². The number of aromatic nitrogens is 5. The lowest BCUT2D eigenvalue weighted by Gasteiger charge is -2.22. The lowest BCUT2D eigenvalue weighted by Crippen LogP contribution is -2.42. The maximum Gasteiger partial charge on any atom is 0.268 e. The molecule has 0 bridgehead atoms. The summed E-state index contributed by atoms with van der Waals surface area (Å²) in [5.41, 5.74) is 3.77. The molecule has 4 aromatic rings. The second kappa shape index (κ2) is 7.31. The van der Waals surface area contributed by atoms with Gasteiger partial charge in [0.05, 0.1) is 18.6 Å². The summed E-state index contributed by atoms with van der Waals surface area (Å²) in [4.78, 5) is 16.1. The third kappa shape index (κ3) is 3.48. The van der Waals surface area contributed by atoms with Crippen LogP contribution in [0.4, 0.5) is 0 Å². The average molecular weight is 408 g/mol. The molecule has 5 rings (SSSR count). The minimum Gasteiger partial charge on any atom is -0.351 e. The van der Waals surface area contributed by atoms with Crippen LogP contribution in [0.5, 0.6) is 0 Å². The minimum absolute atomic E-state index is 0.0486. The number of halogens is 1. The molecule has 0 aliphatic heterocycles. The van der Waals surface area contributed by atoms with Gasteiger partial charge in [-0.25, -0.2) is 0 Å². The number of carbonyl (C=O) groups is 1. The minimum atomic E-state index is -0.151. The van der Waals surface area contributed by atoms with Gasteiger partial charge >= 0.3 is 0 Å². The van der Waals surface area contributed by atoms with Crippen molar-refractivity contribution in [3.63, 3.8) is 0 Å². The van der Waals surface area contributed by atoms with Crippen LogP contribution in [0.2, 0.25) is 5.02 Å². The van der Waals surface area contributed by atoms with E-state index >= 15 is 0 Å². The molecule has 8 nitrogen and oxygen atoms in total. The van der Waals surface area contributed by atoms with Crippen LogP contribution in [0, 0.1) is 0 Å². The molecule has 1 aliphatic carbocycles. The third-order valence-corrected chi connectivity index (χ3v) is 5.48. The van der Waals surface area contributed by atoms with Gasteiger partial charge in [-0.3, -0.25) is 4.79 Å². The summed E-state index contributed by atoms with van der Waals surface area (Å²) in [6.07, 6.45) is 0.748. The fourth-order valence-corrected chi connectivity index (χ4v) is 4.09. The molecule has 0 fully saturated rings. The van der Waals surface area contributed by atoms with Crippen LogP contribution >= 0.6 is 11.6 Å². The first-order valence-electron chi connectivity index (χ1n) is 9.30. The summed E-state index contributed by atoms with van der Waals surface area (Å²) in [7, 11) is 0. The van der Waals surface area contributed by atoms with Crippen LogP contribution in [0.15, 0.2) is 48.5 Å². The Labute approximate surface area is 171 Å². The Morgan fingerprint density at radius 2 is 2.10 bits per heavy atom. The van der Waals surface area contributed by atoms with Gasteiger partial charge < -0.3 is 15.6 Å². The number of benzene rings is 2. The van der Waals surface area contributed by atoms with Gasteiger partial charge in [0.2, 0.25) is 0 Å². The monoisotopic (exact) mass is 407 g/mol. The zero-order chi connectivity index (χ0) is 19.8. The molecule has 29 heavy (non-hydrogen) atoms. The van der Waals surface area contributed by atoms with Crippen molar-refractivity contribution in [2.45, 2.75) is 25.0 Å². The van der Waals surface area contributed by atoms with E-state index in [1.807, 2.05) is 30.3 Å². The molecular formula is C20H18ClN7O. The largest absolute Gasteiger partial charge is 0.351 e. The Balaban J connectivity index is 1.37. The van der Waals surface area contributed by atoms with E-state index in [9.17, 15) is 4.79 Å². The van der Waals surface area contributed by atoms with E-state index in [4.69, 9.17) is 11.6 Å². The predicted octanol–water partition coefficient (Wildman–Crippen LogP) is 2.52. The van der Waals surface area contributed by atoms with Crippen molar-refractivity contribution >= 4 is 28.4 Å². The number of fused-ring (bicyclic) bond motifs is 2. The number of nitrogens with zero attached hydrogens (tertiary/aromatic N) is 3. The number of amides is 1. The molecule has 0 saturated heterocycles. The third-order valence-electron chi connectivity index (χ3n) is 5.25. The predicted molar refractivity (Wildman–Crippen MR) is 108 cm³/mol. The fraction of sp³-hybridized carbons (Fsp3) is 0.200. The topological polar surface area (TPSA) is 111 Å². The number of H-pyrrole nitrogens is 2. The van der Waals surface area contributed by atoms with E-state index in [2.05, 4.69) is 48.4 Å². The molecule has 0 radical (unpaired) electrons. The quantitative estimate of drug-likeness (QED) is 0.406. The first-order chi connectivity index (χ1) is 14.2. The van der Waals surface area contributed by atoms with Crippen molar-refractivity contribution in [2.24, 2.45) is 0 Å². The number of nitrogens with one attached hydrogen (secondary N) is 4. The molecule has 9 heteroatoms. The maximum atomic E-state index is 12.9. The standard InChI is InChI=1S/C20H18ClN7O/c21-13-5-6-15-12(7-13)9-17(23-15)20(29)24-16-8-11-3-1-2-4-14(11)19(16)22-10-18-25-27-28-26-18/h1-7,9,16,19,22-23H,8,10H2,(H,24,29)(H,25,26,27,28). The zero-order valence-corrected chi connectivity index (χ0v) is 16.1. The van der Waals surface area contributed by atoms with Crippen molar-refractivity contribution in [1.82, 2.24) is 36.2 Å². The van der Waals surface area contributed by atoms with Gasteiger partial charge in [0.1, 0.15) is 5.69 Å². The Kier molecular flexibility index (Phi) is 4.49. The molecule has 2 heterocycles. The fourth-order valence-electron chi connectivity index (χ4n) is 3.91. The second-order valence-electron chi connectivity index (χ2n) is 7.08. The van der Waals surface area contributed by atoms with Gasteiger partial charge in [-0.2, -0.15) is 5.21 Å². The molecule has 4 N–H and O–H groups in total. The van der Waals surface area contributed by atoms with Gasteiger partial charge in [0, 0.05) is 15.9 Å². The van der Waals surface area contributed by atoms with Crippen molar-refractivity contribution in [3.8, 4) is 0 Å². The first-order valence-corrected chi connectivity index (χ1v) is 9.68. The van der Waals surface area contributed by atoms with Crippen LogP contribution in [0.3, 0.4) is 0 Å². The Bertz CT molecular complexity index is 1170. The molecule has 146 valence electrons. The first kappa shape index (κ1) is 17.8. The summed E-state index contributed by atoms with van der Waals surface area (Å²) < 4.78 is 0. The molecular weight excluding hydrogens is 390 g/mol. The van der Waals surface area contributed by atoms with Gasteiger partial charge in [0.15, 0.2) is 5.82 Å². The molecule has 2 aromatic carbocycles. The number of hydrogen-bond acceptors (Lipinski definition) is 5. The van der Waals surface area contributed by atoms with Gasteiger partial charge in [-0.1, -0.05) is 41.1 Å². The normalized spacial score (nSPS) is 18.1. The highest BCUT2D eigenvalue weighted by Gasteiger charge is 2.33. The SMILES string of the molecule is O=C(NC1Cc2ccccc2C1NCc1nn[nH]n1)c1cc2cc(Cl)ccc2[nH]1. The van der Waals surface area contributed by atoms with Gasteiger partial charge in [-0.15, -0.1) is 10.2 Å². The molecule has 1 amide bonds. The maximum absolute atomic E-state index is 12.9. The van der Waals surface area contributed by atoms with E-state index in [0.717, 1.165) is 17.3 Å². The Hall–Kier alpha value is -3.23. The highest BCUT2D eigenvalue weighted by molar-refractivity contribution is 6.31. The van der Waals surface area contributed by atoms with E-state index in [1.54, 1.807) is 6.07 Å². The summed E-state index contributed by atoms with van der Waals surface area (Å²) in [5, 5.41) is 22.2. The number of carbonyl (C=O) groups excluding carboxylic acids is 1. The lowest BCUT2D eigenvalue weighted by molar-refractivity contribution is 0.0925. The van der Waals surface area contributed by atoms with Gasteiger partial charge in [0.25, 0.3) is 5.91 Å². The second-order valence-corrected chi connectivity index (χ2v) is 7.52. The Morgan fingerprint density at radius 3 is 2.97 bits per heavy atom. The average Bonchev–Trinajstić information content (AvgIpc) is 3.44. The number of rotatable bonds is 5. The highest BCUT2D eigenvalue weighted by Crippen LogP contribution is 2.32. The molecule has 2 atom stereocenters. The van der Waals surface area contributed by atoms with E-state index < -0.39 is 0 Å². The smallest absolute Gasteiger partial charge is 0.268 e. The summed E-state index contributed by atoms with van der Waals surface area (Å²) in [6.45, 7) is 0.451. The van der Waals surface area contributed by atoms with E-state index in [-0.39, 0.29) is 18.0 Å². The molecule has 2 unspecified atom stereocenters. The van der Waals surface area contributed by atoms with Crippen molar-refractivity contribution in [3.05, 3.63) is 76.2 Å². The lowest BCUT2D eigenvalue weighted by atomic mass is 10.1. The Morgan fingerprint density at radius 1 is 1.21 bits per heavy atom. The van der Waals surface area contributed by atoms with Crippen LogP contribution in [-0.4, -0.2) is 37.6 Å². The summed E-state index contributed by atoms with van der Waals surface area (Å²) in [6, 6.07) is 15.4. The molecule has 2 aromatic heterocycles. The molecule has 0 saturated carbocycles. The van der Waals surface area contributed by atoms with Crippen LogP contribution in [0.25, 0.3) is 10.9 Å². The zero-order valence-electron chi connectivity index (χ0n) is 15.3. The van der Waals surface area contributed by atoms with Gasteiger partial charge in [-0.05, 0) is 41.8 Å². The number of aromatic amines is 2. The van der Waals surface area contributed by atoms with Crippen molar-refractivity contribution < 1.29 is 4.79 Å². The molecule has 1 aliphatic rings. The molecule has 0 spiro atoms. The van der Waals surface area contributed by atoms with Crippen molar-refractivity contribution in [2.75, 3.05) is 0 Å². The highest BCUT2D eigenvalue weighted by atomic mass is 35.5. The summed E-state index contributed by atoms with van der Waals surface area (Å²) >= 11 is 6.05.